The average Bonchev–Trinajstić information content (AvgIpc) is 2.67. The van der Waals surface area contributed by atoms with Gasteiger partial charge in [0.05, 0.1) is 18.3 Å². The van der Waals surface area contributed by atoms with E-state index in [0.717, 1.165) is 34.4 Å². The highest BCUT2D eigenvalue weighted by molar-refractivity contribution is 5.99. The van der Waals surface area contributed by atoms with Crippen LogP contribution in [0.15, 0.2) is 48.5 Å². The Bertz CT molecular complexity index is 934. The molecule has 1 aromatic heterocycles. The number of hydrogen-bond acceptors (Lipinski definition) is 5. The fourth-order valence-corrected chi connectivity index (χ4v) is 2.80. The third-order valence-electron chi connectivity index (χ3n) is 4.34. The molecule has 0 fully saturated rings. The van der Waals surface area contributed by atoms with Crippen LogP contribution in [0.1, 0.15) is 23.0 Å². The predicted octanol–water partition coefficient (Wildman–Crippen LogP) is 4.39. The molecule has 0 radical (unpaired) electrons. The van der Waals surface area contributed by atoms with E-state index in [0.29, 0.717) is 0 Å². The maximum Gasteiger partial charge on any atom is 0.356 e. The van der Waals surface area contributed by atoms with Gasteiger partial charge in [-0.3, -0.25) is 0 Å². The van der Waals surface area contributed by atoms with Crippen molar-refractivity contribution in [1.82, 2.24) is 4.98 Å². The minimum absolute atomic E-state index is 0.289. The molecule has 0 atom stereocenters. The van der Waals surface area contributed by atoms with Gasteiger partial charge < -0.3 is 15.0 Å². The average molecular weight is 349 g/mol. The lowest BCUT2D eigenvalue weighted by Gasteiger charge is -2.15. The number of anilines is 3. The number of hydrogen-bond donors (Lipinski definition) is 1. The van der Waals surface area contributed by atoms with Gasteiger partial charge in [0.15, 0.2) is 5.69 Å². The van der Waals surface area contributed by atoms with Crippen LogP contribution >= 0.6 is 0 Å². The first kappa shape index (κ1) is 17.7. The van der Waals surface area contributed by atoms with E-state index in [1.807, 2.05) is 50.5 Å². The number of esters is 1. The van der Waals surface area contributed by atoms with Crippen LogP contribution in [0.25, 0.3) is 10.9 Å². The summed E-state index contributed by atoms with van der Waals surface area (Å²) < 4.78 is 4.84. The van der Waals surface area contributed by atoms with E-state index < -0.39 is 5.97 Å². The van der Waals surface area contributed by atoms with Gasteiger partial charge in [0.2, 0.25) is 0 Å². The number of aryl methyl sites for hydroxylation is 1. The second kappa shape index (κ2) is 7.44. The highest BCUT2D eigenvalue weighted by Crippen LogP contribution is 2.29. The van der Waals surface area contributed by atoms with Crippen molar-refractivity contribution in [3.05, 3.63) is 59.8 Å². The zero-order valence-corrected chi connectivity index (χ0v) is 15.5. The lowest BCUT2D eigenvalue weighted by atomic mass is 10.1. The summed E-state index contributed by atoms with van der Waals surface area (Å²) in [6.07, 6.45) is 0.936. The van der Waals surface area contributed by atoms with Gasteiger partial charge in [0.25, 0.3) is 0 Å². The topological polar surface area (TPSA) is 54.5 Å². The summed E-state index contributed by atoms with van der Waals surface area (Å²) in [4.78, 5) is 18.5. The maximum atomic E-state index is 12.0. The summed E-state index contributed by atoms with van der Waals surface area (Å²) in [5.74, 6) is -0.447. The van der Waals surface area contributed by atoms with Crippen molar-refractivity contribution in [1.29, 1.82) is 0 Å². The summed E-state index contributed by atoms with van der Waals surface area (Å²) in [7, 11) is 5.38. The molecule has 0 aliphatic carbocycles. The molecular formula is C21H23N3O2. The first-order valence-electron chi connectivity index (χ1n) is 8.58. The van der Waals surface area contributed by atoms with E-state index in [1.54, 1.807) is 6.07 Å². The Balaban J connectivity index is 2.07. The highest BCUT2D eigenvalue weighted by Gasteiger charge is 2.13. The van der Waals surface area contributed by atoms with Crippen molar-refractivity contribution in [3.63, 3.8) is 0 Å². The number of carbonyl (C=O) groups excluding carboxylic acids is 1. The zero-order chi connectivity index (χ0) is 18.7. The number of nitrogens with zero attached hydrogens (tertiary/aromatic N) is 2. The van der Waals surface area contributed by atoms with Crippen molar-refractivity contribution in [2.24, 2.45) is 0 Å². The van der Waals surface area contributed by atoms with E-state index in [4.69, 9.17) is 4.74 Å². The fraction of sp³-hybridized carbons (Fsp3) is 0.238. The molecule has 26 heavy (non-hydrogen) atoms. The largest absolute Gasteiger partial charge is 0.464 e. The number of pyridine rings is 1. The Morgan fingerprint density at radius 3 is 2.46 bits per heavy atom. The van der Waals surface area contributed by atoms with Gasteiger partial charge in [0, 0.05) is 30.9 Å². The fourth-order valence-electron chi connectivity index (χ4n) is 2.80. The molecule has 2 aromatic carbocycles. The number of benzene rings is 2. The molecule has 0 saturated heterocycles. The normalized spacial score (nSPS) is 10.6. The van der Waals surface area contributed by atoms with Gasteiger partial charge in [-0.2, -0.15) is 0 Å². The molecule has 3 rings (SSSR count). The van der Waals surface area contributed by atoms with Gasteiger partial charge in [0.1, 0.15) is 0 Å². The molecule has 5 nitrogen and oxygen atoms in total. The number of methoxy groups -OCH3 is 1. The van der Waals surface area contributed by atoms with Gasteiger partial charge in [-0.05, 0) is 54.4 Å². The summed E-state index contributed by atoms with van der Waals surface area (Å²) in [6, 6.07) is 16.0. The van der Waals surface area contributed by atoms with Crippen LogP contribution in [0, 0.1) is 0 Å². The number of carbonyl (C=O) groups is 1. The summed E-state index contributed by atoms with van der Waals surface area (Å²) in [5, 5.41) is 4.40. The molecule has 0 amide bonds. The smallest absolute Gasteiger partial charge is 0.356 e. The third kappa shape index (κ3) is 3.61. The first-order valence-corrected chi connectivity index (χ1v) is 8.58. The molecule has 0 aliphatic rings. The molecule has 0 aliphatic heterocycles. The van der Waals surface area contributed by atoms with Crippen LogP contribution < -0.4 is 10.2 Å². The van der Waals surface area contributed by atoms with E-state index in [-0.39, 0.29) is 5.69 Å². The molecule has 0 saturated carbocycles. The van der Waals surface area contributed by atoms with Gasteiger partial charge >= 0.3 is 5.97 Å². The molecular weight excluding hydrogens is 326 g/mol. The molecule has 0 bridgehead atoms. The van der Waals surface area contributed by atoms with Crippen molar-refractivity contribution in [2.45, 2.75) is 13.3 Å². The number of aromatic nitrogens is 1. The minimum atomic E-state index is -0.447. The molecule has 5 heteroatoms. The van der Waals surface area contributed by atoms with E-state index in [9.17, 15) is 4.79 Å². The molecule has 0 unspecified atom stereocenters. The zero-order valence-electron chi connectivity index (χ0n) is 15.5. The van der Waals surface area contributed by atoms with Crippen molar-refractivity contribution < 1.29 is 9.53 Å². The van der Waals surface area contributed by atoms with E-state index >= 15 is 0 Å². The van der Waals surface area contributed by atoms with Gasteiger partial charge in [-0.1, -0.05) is 13.0 Å². The maximum absolute atomic E-state index is 12.0. The monoisotopic (exact) mass is 349 g/mol. The van der Waals surface area contributed by atoms with Gasteiger partial charge in [-0.15, -0.1) is 0 Å². The van der Waals surface area contributed by atoms with Crippen LogP contribution in [-0.2, 0) is 11.2 Å². The van der Waals surface area contributed by atoms with Crippen molar-refractivity contribution >= 4 is 33.9 Å². The van der Waals surface area contributed by atoms with Crippen LogP contribution in [0.4, 0.5) is 17.1 Å². The first-order chi connectivity index (χ1) is 12.5. The lowest BCUT2D eigenvalue weighted by Crippen LogP contribution is -2.08. The van der Waals surface area contributed by atoms with E-state index in [2.05, 4.69) is 28.2 Å². The second-order valence-corrected chi connectivity index (χ2v) is 6.32. The Kier molecular flexibility index (Phi) is 5.07. The number of nitrogens with one attached hydrogen (secondary N) is 1. The molecule has 1 heterocycles. The quantitative estimate of drug-likeness (QED) is 0.692. The van der Waals surface area contributed by atoms with Crippen LogP contribution in [0.2, 0.25) is 0 Å². The Morgan fingerprint density at radius 2 is 1.85 bits per heavy atom. The summed E-state index contributed by atoms with van der Waals surface area (Å²) in [5.41, 5.74) is 5.17. The second-order valence-electron chi connectivity index (χ2n) is 6.32. The van der Waals surface area contributed by atoms with Crippen LogP contribution in [-0.4, -0.2) is 32.2 Å². The predicted molar refractivity (Wildman–Crippen MR) is 107 cm³/mol. The molecule has 1 N–H and O–H groups in total. The summed E-state index contributed by atoms with van der Waals surface area (Å²) >= 11 is 0. The highest BCUT2D eigenvalue weighted by atomic mass is 16.5. The molecule has 0 spiro atoms. The van der Waals surface area contributed by atoms with Crippen LogP contribution in [0.3, 0.4) is 0 Å². The Labute approximate surface area is 153 Å². The molecule has 3 aromatic rings. The molecule has 134 valence electrons. The van der Waals surface area contributed by atoms with Gasteiger partial charge in [-0.25, -0.2) is 9.78 Å². The number of ether oxygens (including phenoxy) is 1. The summed E-state index contributed by atoms with van der Waals surface area (Å²) in [6.45, 7) is 2.12. The van der Waals surface area contributed by atoms with Crippen molar-refractivity contribution in [3.8, 4) is 0 Å². The lowest BCUT2D eigenvalue weighted by molar-refractivity contribution is 0.0594. The van der Waals surface area contributed by atoms with Crippen molar-refractivity contribution in [2.75, 3.05) is 31.4 Å². The number of fused-ring (bicyclic) bond motifs is 1. The Morgan fingerprint density at radius 1 is 1.12 bits per heavy atom. The standard InChI is InChI=1S/C21H23N3O2/c1-5-14-6-11-18-17(12-14)19(13-20(23-18)21(25)26-4)22-15-7-9-16(10-8-15)24(2)3/h6-13H,5H2,1-4H3,(H,22,23). The number of rotatable bonds is 5. The van der Waals surface area contributed by atoms with Crippen LogP contribution in [0.5, 0.6) is 0 Å². The SMILES string of the molecule is CCc1ccc2nc(C(=O)OC)cc(Nc3ccc(N(C)C)cc3)c2c1. The van der Waals surface area contributed by atoms with E-state index in [1.165, 1.54) is 12.7 Å². The third-order valence-corrected chi connectivity index (χ3v) is 4.34. The minimum Gasteiger partial charge on any atom is -0.464 e. The Hall–Kier alpha value is -3.08.